The highest BCUT2D eigenvalue weighted by atomic mass is 32.1. The summed E-state index contributed by atoms with van der Waals surface area (Å²) in [7, 11) is 1.54. The van der Waals surface area contributed by atoms with E-state index >= 15 is 0 Å². The fourth-order valence-electron chi connectivity index (χ4n) is 4.47. The Hall–Kier alpha value is -3.78. The largest absolute Gasteiger partial charge is 0.497 e. The zero-order valence-electron chi connectivity index (χ0n) is 20.6. The number of halogens is 1. The fraction of sp³-hybridized carbons (Fsp3) is 0.276. The maximum Gasteiger partial charge on any atom is 0.303 e. The van der Waals surface area contributed by atoms with Crippen molar-refractivity contribution in [1.82, 2.24) is 9.97 Å². The van der Waals surface area contributed by atoms with Crippen LogP contribution in [0.15, 0.2) is 60.8 Å². The lowest BCUT2D eigenvalue weighted by Crippen LogP contribution is -2.09. The summed E-state index contributed by atoms with van der Waals surface area (Å²) in [6.07, 6.45) is 3.83. The number of aryl methyl sites for hydroxylation is 1. The van der Waals surface area contributed by atoms with Gasteiger partial charge in [0.2, 0.25) is 0 Å². The molecule has 37 heavy (non-hydrogen) atoms. The molecular weight excluding hydrogens is 491 g/mol. The van der Waals surface area contributed by atoms with Crippen LogP contribution in [0, 0.1) is 18.7 Å². The zero-order valence-corrected chi connectivity index (χ0v) is 21.4. The van der Waals surface area contributed by atoms with Gasteiger partial charge < -0.3 is 14.6 Å². The summed E-state index contributed by atoms with van der Waals surface area (Å²) in [5.74, 6) is 0.391. The molecule has 0 aliphatic heterocycles. The second-order valence-corrected chi connectivity index (χ2v) is 10.5. The van der Waals surface area contributed by atoms with Gasteiger partial charge in [-0.05, 0) is 79.6 Å². The first-order valence-corrected chi connectivity index (χ1v) is 12.9. The lowest BCUT2D eigenvalue weighted by atomic mass is 9.91. The van der Waals surface area contributed by atoms with Crippen LogP contribution in [0.5, 0.6) is 11.5 Å². The summed E-state index contributed by atoms with van der Waals surface area (Å²) >= 11 is 1.56. The van der Waals surface area contributed by atoms with Crippen LogP contribution in [0.25, 0.3) is 21.8 Å². The van der Waals surface area contributed by atoms with E-state index in [-0.39, 0.29) is 18.9 Å². The van der Waals surface area contributed by atoms with Gasteiger partial charge in [-0.15, -0.1) is 11.3 Å². The van der Waals surface area contributed by atoms with Gasteiger partial charge >= 0.3 is 5.97 Å². The molecule has 0 amide bonds. The number of aliphatic carboxylic acids is 1. The monoisotopic (exact) mass is 518 g/mol. The minimum absolute atomic E-state index is 0.00782. The Kier molecular flexibility index (Phi) is 7.19. The molecule has 5 rings (SSSR count). The molecule has 1 atom stereocenters. The molecule has 190 valence electrons. The summed E-state index contributed by atoms with van der Waals surface area (Å²) in [5.41, 5.74) is 2.91. The van der Waals surface area contributed by atoms with E-state index in [0.29, 0.717) is 40.1 Å². The van der Waals surface area contributed by atoms with E-state index in [2.05, 4.69) is 4.98 Å². The molecule has 8 heteroatoms. The molecule has 1 N–H and O–H groups in total. The summed E-state index contributed by atoms with van der Waals surface area (Å²) in [6.45, 7) is 2.17. The molecule has 0 saturated heterocycles. The number of methoxy groups -OCH3 is 1. The zero-order chi connectivity index (χ0) is 25.9. The minimum Gasteiger partial charge on any atom is -0.497 e. The van der Waals surface area contributed by atoms with Crippen molar-refractivity contribution in [2.24, 2.45) is 5.92 Å². The molecule has 1 aliphatic rings. The number of aromatic nitrogens is 2. The standard InChI is InChI=1S/C29H27FN2O4S/c1-17-6-11-26(37-17)29-28(24-13-21(35-2)9-10-25(24)30)31-15-20(32-29)16-36-22-5-3-4-19(12-22)23(14-27(33)34)18-7-8-18/h3-6,9-13,15,18,23H,7-8,14,16H2,1-2H3,(H,33,34). The molecule has 0 radical (unpaired) electrons. The Bertz CT molecular complexity index is 1430. The van der Waals surface area contributed by atoms with Crippen LogP contribution >= 0.6 is 11.3 Å². The predicted molar refractivity (Wildman–Crippen MR) is 141 cm³/mol. The quantitative estimate of drug-likeness (QED) is 0.247. The second-order valence-electron chi connectivity index (χ2n) is 9.22. The molecule has 1 fully saturated rings. The third-order valence-corrected chi connectivity index (χ3v) is 7.49. The highest BCUT2D eigenvalue weighted by Crippen LogP contribution is 2.45. The Morgan fingerprint density at radius 3 is 2.68 bits per heavy atom. The van der Waals surface area contributed by atoms with E-state index in [9.17, 15) is 14.3 Å². The Morgan fingerprint density at radius 1 is 1.14 bits per heavy atom. The van der Waals surface area contributed by atoms with Crippen LogP contribution < -0.4 is 9.47 Å². The van der Waals surface area contributed by atoms with Crippen LogP contribution in [0.2, 0.25) is 0 Å². The van der Waals surface area contributed by atoms with Crippen molar-refractivity contribution < 1.29 is 23.8 Å². The maximum absolute atomic E-state index is 14.8. The van der Waals surface area contributed by atoms with Gasteiger partial charge in [0.1, 0.15) is 35.3 Å². The van der Waals surface area contributed by atoms with Crippen molar-refractivity contribution in [2.75, 3.05) is 7.11 Å². The molecule has 0 bridgehead atoms. The average molecular weight is 519 g/mol. The number of benzene rings is 2. The second kappa shape index (κ2) is 10.7. The first-order valence-electron chi connectivity index (χ1n) is 12.1. The maximum atomic E-state index is 14.8. The summed E-state index contributed by atoms with van der Waals surface area (Å²) in [6, 6.07) is 16.1. The van der Waals surface area contributed by atoms with Gasteiger partial charge in [-0.1, -0.05) is 12.1 Å². The molecule has 2 aromatic carbocycles. The van der Waals surface area contributed by atoms with Crippen molar-refractivity contribution in [1.29, 1.82) is 0 Å². The van der Waals surface area contributed by atoms with E-state index in [4.69, 9.17) is 14.5 Å². The van der Waals surface area contributed by atoms with Crippen LogP contribution in [0.4, 0.5) is 4.39 Å². The number of thiophene rings is 1. The van der Waals surface area contributed by atoms with Gasteiger partial charge in [0.15, 0.2) is 0 Å². The lowest BCUT2D eigenvalue weighted by molar-refractivity contribution is -0.137. The van der Waals surface area contributed by atoms with Crippen molar-refractivity contribution >= 4 is 17.3 Å². The van der Waals surface area contributed by atoms with Crippen molar-refractivity contribution in [3.05, 3.63) is 82.7 Å². The number of carboxylic acids is 1. The molecular formula is C29H27FN2O4S. The van der Waals surface area contributed by atoms with Crippen molar-refractivity contribution in [3.8, 4) is 33.3 Å². The number of hydrogen-bond donors (Lipinski definition) is 1. The van der Waals surface area contributed by atoms with E-state index in [1.807, 2.05) is 43.3 Å². The molecule has 4 aromatic rings. The van der Waals surface area contributed by atoms with Gasteiger partial charge in [-0.2, -0.15) is 0 Å². The van der Waals surface area contributed by atoms with E-state index < -0.39 is 11.8 Å². The smallest absolute Gasteiger partial charge is 0.303 e. The van der Waals surface area contributed by atoms with Crippen LogP contribution in [0.3, 0.4) is 0 Å². The Morgan fingerprint density at radius 2 is 1.97 bits per heavy atom. The minimum atomic E-state index is -0.789. The van der Waals surface area contributed by atoms with Crippen molar-refractivity contribution in [2.45, 2.75) is 38.7 Å². The van der Waals surface area contributed by atoms with Gasteiger partial charge in [0, 0.05) is 10.4 Å². The van der Waals surface area contributed by atoms with Gasteiger partial charge in [-0.25, -0.2) is 9.37 Å². The molecule has 2 aromatic heterocycles. The molecule has 2 heterocycles. The molecule has 1 saturated carbocycles. The number of nitrogens with zero attached hydrogens (tertiary/aromatic N) is 2. The summed E-state index contributed by atoms with van der Waals surface area (Å²) in [4.78, 5) is 22.8. The molecule has 1 aliphatic carbocycles. The average Bonchev–Trinajstić information content (AvgIpc) is 3.65. The van der Waals surface area contributed by atoms with Crippen LogP contribution in [0.1, 0.15) is 41.3 Å². The summed E-state index contributed by atoms with van der Waals surface area (Å²) in [5, 5.41) is 9.34. The fourth-order valence-corrected chi connectivity index (χ4v) is 5.33. The Labute approximate surface area is 218 Å². The van der Waals surface area contributed by atoms with Gasteiger partial charge in [-0.3, -0.25) is 9.78 Å². The number of carbonyl (C=O) groups is 1. The van der Waals surface area contributed by atoms with Crippen molar-refractivity contribution in [3.63, 3.8) is 0 Å². The number of carboxylic acid groups (broad SMARTS) is 1. The van der Waals surface area contributed by atoms with Crippen LogP contribution in [-0.4, -0.2) is 28.2 Å². The first-order chi connectivity index (χ1) is 17.9. The topological polar surface area (TPSA) is 81.5 Å². The van der Waals surface area contributed by atoms with E-state index in [1.54, 1.807) is 29.7 Å². The van der Waals surface area contributed by atoms with E-state index in [0.717, 1.165) is 28.2 Å². The normalized spacial score (nSPS) is 13.8. The predicted octanol–water partition coefficient (Wildman–Crippen LogP) is 6.88. The number of rotatable bonds is 10. The molecule has 0 spiro atoms. The third-order valence-electron chi connectivity index (χ3n) is 6.48. The summed E-state index contributed by atoms with van der Waals surface area (Å²) < 4.78 is 26.2. The number of hydrogen-bond acceptors (Lipinski definition) is 6. The third kappa shape index (κ3) is 5.80. The first kappa shape index (κ1) is 24.9. The highest BCUT2D eigenvalue weighted by Gasteiger charge is 2.33. The lowest BCUT2D eigenvalue weighted by Gasteiger charge is -2.16. The molecule has 1 unspecified atom stereocenters. The van der Waals surface area contributed by atoms with E-state index in [1.165, 1.54) is 13.2 Å². The molecule has 6 nitrogen and oxygen atoms in total. The number of ether oxygens (including phenoxy) is 2. The van der Waals surface area contributed by atoms with Gasteiger partial charge in [0.25, 0.3) is 0 Å². The highest BCUT2D eigenvalue weighted by molar-refractivity contribution is 7.15. The van der Waals surface area contributed by atoms with Crippen LogP contribution in [-0.2, 0) is 11.4 Å². The Balaban J connectivity index is 1.43. The SMILES string of the molecule is COc1ccc(F)c(-c2ncc(COc3cccc(C(CC(=O)O)C4CC4)c3)nc2-c2ccc(C)s2)c1. The van der Waals surface area contributed by atoms with Gasteiger partial charge in [0.05, 0.1) is 30.3 Å².